The molecule has 0 aromatic heterocycles. The number of benzene rings is 2. The number of halogens is 1. The first-order valence-corrected chi connectivity index (χ1v) is 10.3. The average Bonchev–Trinajstić information content (AvgIpc) is 3.08. The number of aryl methyl sites for hydroxylation is 2. The summed E-state index contributed by atoms with van der Waals surface area (Å²) in [4.78, 5) is 13.4. The largest absolute Gasteiger partial charge is 0.350 e. The number of carbonyl (C=O) groups is 1. The van der Waals surface area contributed by atoms with Crippen LogP contribution in [0.25, 0.3) is 0 Å². The number of amides is 1. The number of fused-ring (bicyclic) bond motifs is 1. The van der Waals surface area contributed by atoms with Gasteiger partial charge in [0.15, 0.2) is 0 Å². The van der Waals surface area contributed by atoms with Crippen molar-refractivity contribution in [2.45, 2.75) is 50.0 Å². The summed E-state index contributed by atoms with van der Waals surface area (Å²) in [5, 5.41) is 3.88. The Labute approximate surface area is 159 Å². The van der Waals surface area contributed by atoms with E-state index in [0.29, 0.717) is 6.42 Å². The normalized spacial score (nSPS) is 14.2. The highest BCUT2D eigenvalue weighted by molar-refractivity contribution is 7.99. The molecule has 0 unspecified atom stereocenters. The van der Waals surface area contributed by atoms with Gasteiger partial charge in [-0.15, -0.1) is 11.8 Å². The molecule has 0 radical (unpaired) electrons. The van der Waals surface area contributed by atoms with Crippen LogP contribution in [0.3, 0.4) is 0 Å². The van der Waals surface area contributed by atoms with Gasteiger partial charge in [0.1, 0.15) is 0 Å². The van der Waals surface area contributed by atoms with Crippen LogP contribution in [0.2, 0.25) is 5.02 Å². The molecule has 2 aromatic carbocycles. The van der Waals surface area contributed by atoms with E-state index < -0.39 is 0 Å². The summed E-state index contributed by atoms with van der Waals surface area (Å²) in [5.74, 6) is 1.06. The molecule has 0 saturated heterocycles. The van der Waals surface area contributed by atoms with Gasteiger partial charge in [-0.3, -0.25) is 4.79 Å². The van der Waals surface area contributed by atoms with Crippen LogP contribution >= 0.6 is 23.4 Å². The molecule has 132 valence electrons. The van der Waals surface area contributed by atoms with E-state index in [-0.39, 0.29) is 11.9 Å². The molecule has 0 aliphatic heterocycles. The SMILES string of the molecule is C[C@H](NC(=O)CCCSc1ccc(Cl)cc1)c1ccc2c(c1)CCC2. The van der Waals surface area contributed by atoms with Gasteiger partial charge in [0.2, 0.25) is 5.91 Å². The molecule has 1 N–H and O–H groups in total. The minimum absolute atomic E-state index is 0.0716. The first-order valence-electron chi connectivity index (χ1n) is 8.91. The topological polar surface area (TPSA) is 29.1 Å². The molecule has 2 aromatic rings. The van der Waals surface area contributed by atoms with Crippen molar-refractivity contribution in [1.29, 1.82) is 0 Å². The Morgan fingerprint density at radius 2 is 1.92 bits per heavy atom. The van der Waals surface area contributed by atoms with Gasteiger partial charge in [-0.25, -0.2) is 0 Å². The van der Waals surface area contributed by atoms with E-state index in [2.05, 4.69) is 30.4 Å². The molecule has 0 bridgehead atoms. The second kappa shape index (κ2) is 8.77. The molecular weight excluding hydrogens is 350 g/mol. The van der Waals surface area contributed by atoms with Crippen molar-refractivity contribution in [2.75, 3.05) is 5.75 Å². The second-order valence-corrected chi connectivity index (χ2v) is 8.18. The van der Waals surface area contributed by atoms with Crippen LogP contribution in [0.4, 0.5) is 0 Å². The lowest BCUT2D eigenvalue weighted by Crippen LogP contribution is -2.26. The van der Waals surface area contributed by atoms with Crippen LogP contribution in [0.1, 0.15) is 48.9 Å². The van der Waals surface area contributed by atoms with E-state index in [4.69, 9.17) is 11.6 Å². The van der Waals surface area contributed by atoms with Crippen molar-refractivity contribution in [1.82, 2.24) is 5.32 Å². The molecule has 1 amide bonds. The van der Waals surface area contributed by atoms with Gasteiger partial charge >= 0.3 is 0 Å². The summed E-state index contributed by atoms with van der Waals surface area (Å²) in [5.41, 5.74) is 4.14. The number of carbonyl (C=O) groups excluding carboxylic acids is 1. The molecule has 4 heteroatoms. The quantitative estimate of drug-likeness (QED) is 0.507. The van der Waals surface area contributed by atoms with Crippen molar-refractivity contribution in [3.8, 4) is 0 Å². The second-order valence-electron chi connectivity index (χ2n) is 6.58. The van der Waals surface area contributed by atoms with E-state index in [1.165, 1.54) is 40.8 Å². The molecule has 0 saturated carbocycles. The Kier molecular flexibility index (Phi) is 6.44. The molecule has 25 heavy (non-hydrogen) atoms. The fourth-order valence-electron chi connectivity index (χ4n) is 3.21. The first-order chi connectivity index (χ1) is 12.1. The van der Waals surface area contributed by atoms with E-state index in [9.17, 15) is 4.79 Å². The van der Waals surface area contributed by atoms with Gasteiger partial charge in [0, 0.05) is 16.3 Å². The minimum atomic E-state index is 0.0716. The third kappa shape index (κ3) is 5.26. The molecule has 1 atom stereocenters. The predicted octanol–water partition coefficient (Wildman–Crippen LogP) is 5.58. The van der Waals surface area contributed by atoms with Crippen LogP contribution in [-0.4, -0.2) is 11.7 Å². The van der Waals surface area contributed by atoms with Crippen LogP contribution < -0.4 is 5.32 Å². The summed E-state index contributed by atoms with van der Waals surface area (Å²) in [6, 6.07) is 14.6. The number of thioether (sulfide) groups is 1. The highest BCUT2D eigenvalue weighted by Crippen LogP contribution is 2.25. The average molecular weight is 374 g/mol. The van der Waals surface area contributed by atoms with Gasteiger partial charge in [-0.2, -0.15) is 0 Å². The summed E-state index contributed by atoms with van der Waals surface area (Å²) in [6.07, 6.45) is 5.06. The van der Waals surface area contributed by atoms with Gasteiger partial charge in [0.05, 0.1) is 6.04 Å². The lowest BCUT2D eigenvalue weighted by atomic mass is 10.0. The Balaban J connectivity index is 1.40. The smallest absolute Gasteiger partial charge is 0.220 e. The molecule has 1 aliphatic carbocycles. The van der Waals surface area contributed by atoms with Gasteiger partial charge in [-0.1, -0.05) is 29.8 Å². The maximum Gasteiger partial charge on any atom is 0.220 e. The fourth-order valence-corrected chi connectivity index (χ4v) is 4.19. The Morgan fingerprint density at radius 3 is 2.72 bits per heavy atom. The number of nitrogens with one attached hydrogen (secondary N) is 1. The van der Waals surface area contributed by atoms with Crippen molar-refractivity contribution in [3.05, 3.63) is 64.2 Å². The van der Waals surface area contributed by atoms with Gasteiger partial charge in [0.25, 0.3) is 0 Å². The van der Waals surface area contributed by atoms with Crippen LogP contribution in [-0.2, 0) is 17.6 Å². The molecule has 2 nitrogen and oxygen atoms in total. The zero-order valence-electron chi connectivity index (χ0n) is 14.6. The number of hydrogen-bond donors (Lipinski definition) is 1. The van der Waals surface area contributed by atoms with Crippen LogP contribution in [0, 0.1) is 0 Å². The molecule has 0 fully saturated rings. The first kappa shape index (κ1) is 18.3. The highest BCUT2D eigenvalue weighted by Gasteiger charge is 2.14. The summed E-state index contributed by atoms with van der Waals surface area (Å²) < 4.78 is 0. The molecule has 0 spiro atoms. The van der Waals surface area contributed by atoms with Crippen LogP contribution in [0.15, 0.2) is 47.4 Å². The van der Waals surface area contributed by atoms with Gasteiger partial charge < -0.3 is 5.32 Å². The Bertz CT molecular complexity index is 729. The minimum Gasteiger partial charge on any atom is -0.350 e. The van der Waals surface area contributed by atoms with Gasteiger partial charge in [-0.05, 0) is 79.3 Å². The molecule has 1 aliphatic rings. The Morgan fingerprint density at radius 1 is 1.16 bits per heavy atom. The summed E-state index contributed by atoms with van der Waals surface area (Å²) >= 11 is 7.64. The highest BCUT2D eigenvalue weighted by atomic mass is 35.5. The van der Waals surface area contributed by atoms with E-state index in [1.54, 1.807) is 11.8 Å². The van der Waals surface area contributed by atoms with E-state index in [1.807, 2.05) is 24.3 Å². The lowest BCUT2D eigenvalue weighted by Gasteiger charge is -2.15. The third-order valence-electron chi connectivity index (χ3n) is 4.63. The third-order valence-corrected chi connectivity index (χ3v) is 5.98. The van der Waals surface area contributed by atoms with E-state index >= 15 is 0 Å². The predicted molar refractivity (Wildman–Crippen MR) is 106 cm³/mol. The zero-order chi connectivity index (χ0) is 17.6. The molecule has 0 heterocycles. The fraction of sp³-hybridized carbons (Fsp3) is 0.381. The van der Waals surface area contributed by atoms with E-state index in [0.717, 1.165) is 17.2 Å². The van der Waals surface area contributed by atoms with Crippen molar-refractivity contribution in [2.24, 2.45) is 0 Å². The monoisotopic (exact) mass is 373 g/mol. The lowest BCUT2D eigenvalue weighted by molar-refractivity contribution is -0.121. The molecule has 3 rings (SSSR count). The summed E-state index contributed by atoms with van der Waals surface area (Å²) in [7, 11) is 0. The Hall–Kier alpha value is -1.45. The number of rotatable bonds is 7. The molecular formula is C21H24ClNOS. The van der Waals surface area contributed by atoms with Crippen molar-refractivity contribution in [3.63, 3.8) is 0 Å². The number of hydrogen-bond acceptors (Lipinski definition) is 2. The standard InChI is InChI=1S/C21H24ClNOS/c1-15(17-8-7-16-4-2-5-18(16)14-17)23-21(24)6-3-13-25-20-11-9-19(22)10-12-20/h7-12,14-15H,2-6,13H2,1H3,(H,23,24)/t15-/m0/s1. The maximum absolute atomic E-state index is 12.2. The van der Waals surface area contributed by atoms with Crippen molar-refractivity contribution >= 4 is 29.3 Å². The van der Waals surface area contributed by atoms with Crippen molar-refractivity contribution < 1.29 is 4.79 Å². The zero-order valence-corrected chi connectivity index (χ0v) is 16.1. The van der Waals surface area contributed by atoms with Crippen LogP contribution in [0.5, 0.6) is 0 Å². The summed E-state index contributed by atoms with van der Waals surface area (Å²) in [6.45, 7) is 2.07. The maximum atomic E-state index is 12.2.